The van der Waals surface area contributed by atoms with Gasteiger partial charge in [0.1, 0.15) is 0 Å². The van der Waals surface area contributed by atoms with Crippen molar-refractivity contribution in [1.82, 2.24) is 14.9 Å². The van der Waals surface area contributed by atoms with Crippen molar-refractivity contribution in [2.24, 2.45) is 0 Å². The van der Waals surface area contributed by atoms with Crippen LogP contribution in [-0.4, -0.2) is 48.0 Å². The Morgan fingerprint density at radius 1 is 1.04 bits per heavy atom. The van der Waals surface area contributed by atoms with Gasteiger partial charge >= 0.3 is 0 Å². The molecule has 2 aromatic heterocycles. The van der Waals surface area contributed by atoms with E-state index in [1.54, 1.807) is 33.1 Å². The number of benzene rings is 2. The fourth-order valence-corrected chi connectivity index (χ4v) is 4.41. The molecule has 0 N–H and O–H groups in total. The summed E-state index contributed by atoms with van der Waals surface area (Å²) in [5.41, 5.74) is 4.32. The van der Waals surface area contributed by atoms with Crippen LogP contribution in [0.1, 0.15) is 10.4 Å². The van der Waals surface area contributed by atoms with Crippen molar-refractivity contribution in [2.45, 2.75) is 0 Å². The maximum atomic E-state index is 13.3. The molecule has 140 valence electrons. The van der Waals surface area contributed by atoms with E-state index < -0.39 is 0 Å². The van der Waals surface area contributed by atoms with Crippen molar-refractivity contribution in [3.8, 4) is 0 Å². The maximum absolute atomic E-state index is 13.3. The minimum absolute atomic E-state index is 0. The largest absolute Gasteiger partial charge is 0.308 e. The summed E-state index contributed by atoms with van der Waals surface area (Å²) in [4.78, 5) is 26.1. The van der Waals surface area contributed by atoms with E-state index in [0.717, 1.165) is 32.1 Å². The van der Waals surface area contributed by atoms with E-state index in [-0.39, 0.29) is 18.3 Å². The number of carbonyl (C=O) groups excluding carboxylic acids is 1. The first-order valence-corrected chi connectivity index (χ1v) is 9.97. The van der Waals surface area contributed by atoms with Crippen LogP contribution in [0.4, 0.5) is 5.13 Å². The number of hydrogen-bond donors (Lipinski definition) is 0. The number of para-hydroxylation sites is 1. The number of anilines is 1. The summed E-state index contributed by atoms with van der Waals surface area (Å²) in [5.74, 6) is -0.0267. The highest BCUT2D eigenvalue weighted by atomic mass is 35.5. The highest BCUT2D eigenvalue weighted by Gasteiger charge is 2.21. The van der Waals surface area contributed by atoms with Gasteiger partial charge in [-0.15, -0.1) is 23.7 Å². The van der Waals surface area contributed by atoms with Crippen LogP contribution >= 0.6 is 35.1 Å². The van der Waals surface area contributed by atoms with Gasteiger partial charge in [0.2, 0.25) is 0 Å². The number of amides is 1. The Morgan fingerprint density at radius 2 is 1.85 bits per heavy atom. The molecule has 0 saturated carbocycles. The zero-order valence-corrected chi connectivity index (χ0v) is 17.4. The molecule has 27 heavy (non-hydrogen) atoms. The number of hydrogen-bond acceptors (Lipinski definition) is 6. The molecule has 0 aliphatic heterocycles. The lowest BCUT2D eigenvalue weighted by Crippen LogP contribution is -2.36. The lowest BCUT2D eigenvalue weighted by atomic mass is 10.2. The molecule has 4 rings (SSSR count). The van der Waals surface area contributed by atoms with E-state index >= 15 is 0 Å². The summed E-state index contributed by atoms with van der Waals surface area (Å²) >= 11 is 3.10. The average molecular weight is 419 g/mol. The predicted octanol–water partition coefficient (Wildman–Crippen LogP) is 4.54. The van der Waals surface area contributed by atoms with Crippen LogP contribution in [0, 0.1) is 0 Å². The predicted molar refractivity (Wildman–Crippen MR) is 117 cm³/mol. The molecule has 1 amide bonds. The quantitative estimate of drug-likeness (QED) is 0.477. The number of nitrogens with zero attached hydrogens (tertiary/aromatic N) is 4. The fraction of sp³-hybridized carbons (Fsp3) is 0.211. The first-order chi connectivity index (χ1) is 12.6. The smallest absolute Gasteiger partial charge is 0.260 e. The Morgan fingerprint density at radius 3 is 2.63 bits per heavy atom. The molecule has 8 heteroatoms. The Kier molecular flexibility index (Phi) is 6.06. The molecule has 0 aliphatic carbocycles. The van der Waals surface area contributed by atoms with Gasteiger partial charge in [0, 0.05) is 18.7 Å². The van der Waals surface area contributed by atoms with Crippen molar-refractivity contribution in [1.29, 1.82) is 0 Å². The summed E-state index contributed by atoms with van der Waals surface area (Å²) < 4.78 is 2.11. The Hall–Kier alpha value is -2.06. The topological polar surface area (TPSA) is 49.3 Å². The number of carbonyl (C=O) groups is 1. The molecular formula is C19H19ClN4OS2. The molecule has 0 bridgehead atoms. The number of thiazole rings is 2. The summed E-state index contributed by atoms with van der Waals surface area (Å²) in [5, 5.41) is 0.738. The third kappa shape index (κ3) is 4.11. The summed E-state index contributed by atoms with van der Waals surface area (Å²) in [6, 6.07) is 13.7. The van der Waals surface area contributed by atoms with Crippen molar-refractivity contribution in [2.75, 3.05) is 32.1 Å². The first kappa shape index (κ1) is 19.7. The molecule has 0 unspecified atom stereocenters. The number of halogens is 1. The third-order valence-electron chi connectivity index (χ3n) is 4.11. The monoisotopic (exact) mass is 418 g/mol. The lowest BCUT2D eigenvalue weighted by molar-refractivity contribution is 0.0985. The third-order valence-corrected chi connectivity index (χ3v) is 5.96. The average Bonchev–Trinajstić information content (AvgIpc) is 3.27. The van der Waals surface area contributed by atoms with E-state index in [4.69, 9.17) is 0 Å². The second kappa shape index (κ2) is 8.31. The second-order valence-corrected chi connectivity index (χ2v) is 8.15. The highest BCUT2D eigenvalue weighted by molar-refractivity contribution is 7.22. The van der Waals surface area contributed by atoms with Crippen LogP contribution in [0.3, 0.4) is 0 Å². The zero-order chi connectivity index (χ0) is 18.1. The standard InChI is InChI=1S/C19H18N4OS2.ClH/c1-22(2)9-10-23(19-21-15-5-3-4-6-16(15)26-19)18(24)13-7-8-14-17(11-13)25-12-20-14;/h3-8,11-12H,9-10H2,1-2H3;1H. The number of fused-ring (bicyclic) bond motifs is 2. The van der Waals surface area contributed by atoms with Gasteiger partial charge in [-0.25, -0.2) is 9.97 Å². The molecule has 2 heterocycles. The molecule has 0 atom stereocenters. The molecule has 0 spiro atoms. The summed E-state index contributed by atoms with van der Waals surface area (Å²) in [7, 11) is 4.01. The minimum atomic E-state index is -0.0267. The van der Waals surface area contributed by atoms with Crippen LogP contribution in [0.25, 0.3) is 20.4 Å². The van der Waals surface area contributed by atoms with Gasteiger partial charge in [-0.05, 0) is 44.4 Å². The number of likely N-dealkylation sites (N-methyl/N-ethyl adjacent to an activating group) is 1. The minimum Gasteiger partial charge on any atom is -0.308 e. The van der Waals surface area contributed by atoms with Gasteiger partial charge in [-0.2, -0.15) is 0 Å². The Labute approximate surface area is 171 Å². The fourth-order valence-electron chi connectivity index (χ4n) is 2.70. The van der Waals surface area contributed by atoms with Gasteiger partial charge in [-0.1, -0.05) is 23.5 Å². The number of aromatic nitrogens is 2. The van der Waals surface area contributed by atoms with E-state index in [1.807, 2.05) is 56.6 Å². The van der Waals surface area contributed by atoms with Crippen LogP contribution in [0.2, 0.25) is 0 Å². The van der Waals surface area contributed by atoms with Gasteiger partial charge in [0.05, 0.1) is 25.9 Å². The van der Waals surface area contributed by atoms with Gasteiger partial charge in [0.15, 0.2) is 5.13 Å². The normalized spacial score (nSPS) is 11.1. The van der Waals surface area contributed by atoms with Crippen molar-refractivity contribution in [3.63, 3.8) is 0 Å². The van der Waals surface area contributed by atoms with Gasteiger partial charge in [0.25, 0.3) is 5.91 Å². The Bertz CT molecular complexity index is 1040. The highest BCUT2D eigenvalue weighted by Crippen LogP contribution is 2.30. The molecule has 4 aromatic rings. The van der Waals surface area contributed by atoms with E-state index in [9.17, 15) is 4.79 Å². The van der Waals surface area contributed by atoms with Crippen molar-refractivity contribution < 1.29 is 4.79 Å². The van der Waals surface area contributed by atoms with E-state index in [0.29, 0.717) is 12.1 Å². The molecule has 0 radical (unpaired) electrons. The van der Waals surface area contributed by atoms with E-state index in [1.165, 1.54) is 0 Å². The first-order valence-electron chi connectivity index (χ1n) is 8.27. The molecule has 2 aromatic carbocycles. The second-order valence-electron chi connectivity index (χ2n) is 6.26. The van der Waals surface area contributed by atoms with Crippen LogP contribution in [0.5, 0.6) is 0 Å². The summed E-state index contributed by atoms with van der Waals surface area (Å²) in [6.07, 6.45) is 0. The molecule has 5 nitrogen and oxygen atoms in total. The van der Waals surface area contributed by atoms with Crippen LogP contribution in [0.15, 0.2) is 48.0 Å². The van der Waals surface area contributed by atoms with Crippen molar-refractivity contribution in [3.05, 3.63) is 53.5 Å². The summed E-state index contributed by atoms with van der Waals surface area (Å²) in [6.45, 7) is 1.36. The molecule has 0 fully saturated rings. The van der Waals surface area contributed by atoms with Crippen molar-refractivity contribution >= 4 is 66.6 Å². The van der Waals surface area contributed by atoms with E-state index in [2.05, 4.69) is 14.9 Å². The molecule has 0 aliphatic rings. The SMILES string of the molecule is CN(C)CCN(C(=O)c1ccc2ncsc2c1)c1nc2ccccc2s1.Cl. The zero-order valence-electron chi connectivity index (χ0n) is 15.0. The Balaban J connectivity index is 0.00000210. The molecular weight excluding hydrogens is 400 g/mol. The van der Waals surface area contributed by atoms with Gasteiger partial charge < -0.3 is 4.90 Å². The van der Waals surface area contributed by atoms with Gasteiger partial charge in [-0.3, -0.25) is 9.69 Å². The van der Waals surface area contributed by atoms with Crippen LogP contribution < -0.4 is 4.90 Å². The molecule has 0 saturated heterocycles. The van der Waals surface area contributed by atoms with Crippen LogP contribution in [-0.2, 0) is 0 Å². The number of rotatable bonds is 5. The lowest BCUT2D eigenvalue weighted by Gasteiger charge is -2.22. The maximum Gasteiger partial charge on any atom is 0.260 e.